The Morgan fingerprint density at radius 2 is 0.875 bits per heavy atom. The maximum absolute atomic E-state index is 3.53. The topological polar surface area (TPSA) is 0 Å². The Labute approximate surface area is 302 Å². The number of fused-ring (bicyclic) bond motifs is 2. The predicted molar refractivity (Wildman–Crippen MR) is 206 cm³/mol. The summed E-state index contributed by atoms with van der Waals surface area (Å²) in [6, 6.07) is 63.6. The normalized spacial score (nSPS) is 14.7. The van der Waals surface area contributed by atoms with Crippen LogP contribution in [0.1, 0.15) is 23.1 Å². The van der Waals surface area contributed by atoms with Gasteiger partial charge < -0.3 is 13.5 Å². The van der Waals surface area contributed by atoms with Crippen LogP contribution in [0.15, 0.2) is 200 Å². The van der Waals surface area contributed by atoms with E-state index >= 15 is 0 Å². The van der Waals surface area contributed by atoms with Gasteiger partial charge in [0.05, 0.1) is 7.92 Å². The van der Waals surface area contributed by atoms with Gasteiger partial charge in [-0.25, -0.2) is 0 Å². The van der Waals surface area contributed by atoms with Crippen molar-refractivity contribution in [3.63, 3.8) is 0 Å². The van der Waals surface area contributed by atoms with Gasteiger partial charge in [0.1, 0.15) is 15.9 Å². The number of hydrogen-bond acceptors (Lipinski definition) is 0. The number of rotatable bonds is 6. The van der Waals surface area contributed by atoms with E-state index in [1.54, 1.807) is 0 Å². The largest absolute Gasteiger partial charge is 3.00 e. The zero-order valence-electron chi connectivity index (χ0n) is 27.2. The van der Waals surface area contributed by atoms with Crippen molar-refractivity contribution in [3.05, 3.63) is 236 Å². The van der Waals surface area contributed by atoms with Crippen LogP contribution in [-0.2, 0) is 19.5 Å². The molecule has 6 aromatic carbocycles. The van der Waals surface area contributed by atoms with Gasteiger partial charge in [-0.2, -0.15) is 5.92 Å². The van der Waals surface area contributed by atoms with Crippen LogP contribution in [0.4, 0.5) is 0 Å². The summed E-state index contributed by atoms with van der Waals surface area (Å²) in [7, 11) is -0.877. The molecule has 0 fully saturated rings. The first-order chi connectivity index (χ1) is 22.8. The maximum atomic E-state index is 3.53. The van der Waals surface area contributed by atoms with Crippen molar-refractivity contribution in [2.45, 2.75) is 6.42 Å². The Bertz CT molecular complexity index is 1670. The van der Waals surface area contributed by atoms with E-state index in [4.69, 9.17) is 0 Å². The van der Waals surface area contributed by atoms with Crippen LogP contribution in [0, 0.1) is 31.4 Å². The van der Waals surface area contributed by atoms with Crippen LogP contribution in [-0.4, -0.2) is 0 Å². The van der Waals surface area contributed by atoms with Crippen molar-refractivity contribution < 1.29 is 19.5 Å². The molecule has 0 aliphatic heterocycles. The summed E-state index contributed by atoms with van der Waals surface area (Å²) in [5.74, 6) is 1.44. The molecule has 48 heavy (non-hydrogen) atoms. The standard InChI is InChI=1S/C20H15.C18H15P.C7H7.CH3.Rh/c1-4-10-17(11-5-1)16-20(18-12-6-2-7-13-18)19-14-8-3-9-15-19;1-4-10-16(11-5-1)19(17-12-6-2-7-13-17)18-14-8-3-9-15-18;1-2-7-4-3-6(1)5-7;;/h1-15H;1-15H;1-3,6-7H,5H2;1H3;/q-1;;2*-1;+3/p+1. The van der Waals surface area contributed by atoms with Crippen molar-refractivity contribution >= 4 is 29.4 Å². The molecule has 0 spiro atoms. The summed E-state index contributed by atoms with van der Waals surface area (Å²) >= 11 is 0. The molecule has 2 unspecified atom stereocenters. The van der Waals surface area contributed by atoms with E-state index in [2.05, 4.69) is 182 Å². The summed E-state index contributed by atoms with van der Waals surface area (Å²) in [4.78, 5) is 0. The molecule has 0 N–H and O–H groups in total. The van der Waals surface area contributed by atoms with Gasteiger partial charge in [0.15, 0.2) is 0 Å². The summed E-state index contributed by atoms with van der Waals surface area (Å²) in [5, 5.41) is 4.31. The van der Waals surface area contributed by atoms with Crippen LogP contribution < -0.4 is 15.9 Å². The molecule has 0 nitrogen and oxygen atoms in total. The maximum Gasteiger partial charge on any atom is 3.00 e. The predicted octanol–water partition coefficient (Wildman–Crippen LogP) is 10.1. The Morgan fingerprint density at radius 3 is 1.17 bits per heavy atom. The van der Waals surface area contributed by atoms with Crippen molar-refractivity contribution in [1.29, 1.82) is 0 Å². The first-order valence-corrected chi connectivity index (χ1v) is 17.4. The Morgan fingerprint density at radius 1 is 0.500 bits per heavy atom. The molecule has 0 saturated heterocycles. The van der Waals surface area contributed by atoms with Crippen LogP contribution in [0.2, 0.25) is 0 Å². The second-order valence-electron chi connectivity index (χ2n) is 11.3. The quantitative estimate of drug-likeness (QED) is 0.0527. The molecule has 8 rings (SSSR count). The van der Waals surface area contributed by atoms with E-state index in [1.165, 1.54) is 33.5 Å². The average molecular weight is 728 g/mol. The fraction of sp³-hybridized carbons (Fsp3) is 0.0652. The summed E-state index contributed by atoms with van der Waals surface area (Å²) in [6.45, 7) is 0. The molecule has 0 amide bonds. The van der Waals surface area contributed by atoms with Crippen LogP contribution in [0.3, 0.4) is 0 Å². The molecule has 0 saturated carbocycles. The van der Waals surface area contributed by atoms with Gasteiger partial charge in [-0.3, -0.25) is 6.08 Å². The summed E-state index contributed by atoms with van der Waals surface area (Å²) < 4.78 is 0. The number of benzene rings is 6. The van der Waals surface area contributed by atoms with Crippen LogP contribution in [0.5, 0.6) is 0 Å². The first-order valence-electron chi connectivity index (χ1n) is 15.9. The van der Waals surface area contributed by atoms with Gasteiger partial charge in [-0.15, -0.1) is 35.4 Å². The van der Waals surface area contributed by atoms with E-state index < -0.39 is 7.92 Å². The second-order valence-corrected chi connectivity index (χ2v) is 13.8. The third kappa shape index (κ3) is 10.3. The minimum atomic E-state index is -0.877. The van der Waals surface area contributed by atoms with Gasteiger partial charge in [-0.05, 0) is 42.3 Å². The minimum absolute atomic E-state index is 0. The average Bonchev–Trinajstić information content (AvgIpc) is 3.81. The van der Waals surface area contributed by atoms with E-state index in [0.29, 0.717) is 5.92 Å². The van der Waals surface area contributed by atoms with Gasteiger partial charge in [0.2, 0.25) is 0 Å². The van der Waals surface area contributed by atoms with E-state index in [1.807, 2.05) is 30.3 Å². The summed E-state index contributed by atoms with van der Waals surface area (Å²) in [6.07, 6.45) is 14.8. The third-order valence-electron chi connectivity index (χ3n) is 8.00. The fourth-order valence-corrected chi connectivity index (χ4v) is 8.30. The Hall–Kier alpha value is -4.41. The Balaban J connectivity index is 0.000000174. The molecule has 2 heteroatoms. The second kappa shape index (κ2) is 19.4. The van der Waals surface area contributed by atoms with E-state index in [9.17, 15) is 0 Å². The number of allylic oxidation sites excluding steroid dienone is 4. The molecule has 2 aliphatic carbocycles. The molecule has 2 atom stereocenters. The smallest absolute Gasteiger partial charge is 0.493 e. The van der Waals surface area contributed by atoms with Crippen molar-refractivity contribution in [1.82, 2.24) is 0 Å². The fourth-order valence-electron chi connectivity index (χ4n) is 5.72. The van der Waals surface area contributed by atoms with Crippen molar-refractivity contribution in [3.8, 4) is 0 Å². The third-order valence-corrected chi connectivity index (χ3v) is 10.7. The SMILES string of the molecule is [C-](=C(c1ccccc1)c1ccccc1)c1ccccc1.[C-]1=CC2C=CC1C2.[CH3-].[Rh+3].c1ccc([PH+](c2ccccc2)c2ccccc2)cc1. The minimum Gasteiger partial charge on any atom is -0.493 e. The molecule has 238 valence electrons. The van der Waals surface area contributed by atoms with Gasteiger partial charge in [0, 0.05) is 0 Å². The Kier molecular flexibility index (Phi) is 14.7. The van der Waals surface area contributed by atoms with Gasteiger partial charge in [-0.1, -0.05) is 157 Å². The van der Waals surface area contributed by atoms with E-state index in [0.717, 1.165) is 17.1 Å². The zero-order chi connectivity index (χ0) is 31.2. The first kappa shape index (κ1) is 36.4. The van der Waals surface area contributed by atoms with Crippen LogP contribution in [0.25, 0.3) is 5.57 Å². The van der Waals surface area contributed by atoms with Gasteiger partial charge >= 0.3 is 19.5 Å². The molecule has 2 bridgehead atoms. The zero-order valence-corrected chi connectivity index (χ0v) is 29.9. The molecule has 6 aromatic rings. The van der Waals surface area contributed by atoms with Gasteiger partial charge in [0.25, 0.3) is 0 Å². The molecule has 2 aliphatic rings. The molecule has 0 radical (unpaired) electrons. The van der Waals surface area contributed by atoms with E-state index in [-0.39, 0.29) is 26.9 Å². The number of hydrogen-bond donors (Lipinski definition) is 0. The summed E-state index contributed by atoms with van der Waals surface area (Å²) in [5.41, 5.74) is 4.58. The monoisotopic (exact) mass is 727 g/mol. The van der Waals surface area contributed by atoms with Crippen molar-refractivity contribution in [2.75, 3.05) is 0 Å². The molecular formula is C46H41PRh+. The molecular weight excluding hydrogens is 686 g/mol. The van der Waals surface area contributed by atoms with Crippen molar-refractivity contribution in [2.24, 2.45) is 11.8 Å². The molecule has 0 aromatic heterocycles. The van der Waals surface area contributed by atoms with Crippen LogP contribution >= 0.6 is 7.92 Å². The molecule has 0 heterocycles.